The van der Waals surface area contributed by atoms with E-state index >= 15 is 0 Å². The third-order valence-corrected chi connectivity index (χ3v) is 3.54. The lowest BCUT2D eigenvalue weighted by Crippen LogP contribution is -2.23. The van der Waals surface area contributed by atoms with Crippen molar-refractivity contribution in [3.8, 4) is 0 Å². The second kappa shape index (κ2) is 4.85. The van der Waals surface area contributed by atoms with Gasteiger partial charge in [0.2, 0.25) is 0 Å². The standard InChI is InChI=1S/C14H19ClN4/c1-8-10-7-17-19-12(10)11(13(15)18-8)6-16-9(2)14(3,4)5/h7,16H,2,6H2,1,3-5H3,(H,17,19). The number of nitrogens with zero attached hydrogens (tertiary/aromatic N) is 2. The zero-order valence-electron chi connectivity index (χ0n) is 11.8. The lowest BCUT2D eigenvalue weighted by molar-refractivity contribution is 0.461. The number of aromatic nitrogens is 3. The molecule has 102 valence electrons. The van der Waals surface area contributed by atoms with E-state index in [-0.39, 0.29) is 5.41 Å². The van der Waals surface area contributed by atoms with Crippen LogP contribution >= 0.6 is 11.6 Å². The molecular formula is C14H19ClN4. The summed E-state index contributed by atoms with van der Waals surface area (Å²) in [7, 11) is 0. The molecule has 0 bridgehead atoms. The van der Waals surface area contributed by atoms with Crippen LogP contribution in [0.5, 0.6) is 0 Å². The van der Waals surface area contributed by atoms with E-state index in [0.717, 1.165) is 27.9 Å². The summed E-state index contributed by atoms with van der Waals surface area (Å²) in [5, 5.41) is 11.9. The second-order valence-electron chi connectivity index (χ2n) is 5.71. The fourth-order valence-electron chi connectivity index (χ4n) is 1.79. The Morgan fingerprint density at radius 2 is 2.16 bits per heavy atom. The van der Waals surface area contributed by atoms with E-state index in [0.29, 0.717) is 11.7 Å². The maximum atomic E-state index is 6.23. The molecule has 0 atom stereocenters. The molecule has 0 aromatic carbocycles. The van der Waals surface area contributed by atoms with Gasteiger partial charge in [0.15, 0.2) is 0 Å². The molecule has 19 heavy (non-hydrogen) atoms. The second-order valence-corrected chi connectivity index (χ2v) is 6.07. The average Bonchev–Trinajstić information content (AvgIpc) is 2.76. The highest BCUT2D eigenvalue weighted by atomic mass is 35.5. The van der Waals surface area contributed by atoms with Crippen molar-refractivity contribution in [1.29, 1.82) is 0 Å². The minimum atomic E-state index is 0.0116. The number of allylic oxidation sites excluding steroid dienone is 1. The molecule has 2 aromatic rings. The van der Waals surface area contributed by atoms with Crippen LogP contribution < -0.4 is 5.32 Å². The molecule has 0 saturated heterocycles. The van der Waals surface area contributed by atoms with E-state index in [1.807, 2.05) is 6.92 Å². The number of hydrogen-bond acceptors (Lipinski definition) is 3. The lowest BCUT2D eigenvalue weighted by atomic mass is 9.93. The predicted octanol–water partition coefficient (Wildman–Crippen LogP) is 3.57. The number of rotatable bonds is 3. The predicted molar refractivity (Wildman–Crippen MR) is 79.1 cm³/mol. The highest BCUT2D eigenvalue weighted by Crippen LogP contribution is 2.26. The van der Waals surface area contributed by atoms with E-state index in [1.54, 1.807) is 6.20 Å². The van der Waals surface area contributed by atoms with Gasteiger partial charge in [-0.1, -0.05) is 39.0 Å². The van der Waals surface area contributed by atoms with Gasteiger partial charge in [-0.05, 0) is 6.92 Å². The molecule has 0 spiro atoms. The molecule has 0 amide bonds. The third-order valence-electron chi connectivity index (χ3n) is 3.23. The van der Waals surface area contributed by atoms with Gasteiger partial charge in [0.25, 0.3) is 0 Å². The lowest BCUT2D eigenvalue weighted by Gasteiger charge is -2.23. The highest BCUT2D eigenvalue weighted by molar-refractivity contribution is 6.31. The van der Waals surface area contributed by atoms with E-state index in [9.17, 15) is 0 Å². The van der Waals surface area contributed by atoms with Crippen molar-refractivity contribution in [3.05, 3.63) is 34.9 Å². The molecule has 2 aromatic heterocycles. The summed E-state index contributed by atoms with van der Waals surface area (Å²) in [6, 6.07) is 0. The van der Waals surface area contributed by atoms with Crippen molar-refractivity contribution in [2.24, 2.45) is 5.41 Å². The molecular weight excluding hydrogens is 260 g/mol. The van der Waals surface area contributed by atoms with Gasteiger partial charge in [-0.15, -0.1) is 0 Å². The third kappa shape index (κ3) is 2.73. The van der Waals surface area contributed by atoms with Crippen molar-refractivity contribution >= 4 is 22.5 Å². The molecule has 0 radical (unpaired) electrons. The number of nitrogens with one attached hydrogen (secondary N) is 2. The van der Waals surface area contributed by atoms with Crippen LogP contribution in [-0.4, -0.2) is 15.2 Å². The Bertz CT molecular complexity index is 622. The average molecular weight is 279 g/mol. The SMILES string of the molecule is C=C(NCc1c(Cl)nc(C)c2cn[nH]c12)C(C)(C)C. The Morgan fingerprint density at radius 3 is 2.79 bits per heavy atom. The van der Waals surface area contributed by atoms with Gasteiger partial charge in [-0.2, -0.15) is 5.10 Å². The maximum Gasteiger partial charge on any atom is 0.136 e. The van der Waals surface area contributed by atoms with Gasteiger partial charge < -0.3 is 5.32 Å². The first kappa shape index (κ1) is 13.9. The number of aromatic amines is 1. The van der Waals surface area contributed by atoms with Crippen LogP contribution in [0.3, 0.4) is 0 Å². The molecule has 2 rings (SSSR count). The highest BCUT2D eigenvalue weighted by Gasteiger charge is 2.17. The van der Waals surface area contributed by atoms with Gasteiger partial charge in [0.1, 0.15) is 5.15 Å². The summed E-state index contributed by atoms with van der Waals surface area (Å²) in [6.45, 7) is 12.9. The summed E-state index contributed by atoms with van der Waals surface area (Å²) < 4.78 is 0. The Kier molecular flexibility index (Phi) is 3.54. The van der Waals surface area contributed by atoms with Crippen molar-refractivity contribution < 1.29 is 0 Å². The van der Waals surface area contributed by atoms with Crippen molar-refractivity contribution in [1.82, 2.24) is 20.5 Å². The number of aryl methyl sites for hydroxylation is 1. The monoisotopic (exact) mass is 278 g/mol. The zero-order chi connectivity index (χ0) is 14.2. The first-order chi connectivity index (χ1) is 8.80. The molecule has 0 unspecified atom stereocenters. The van der Waals surface area contributed by atoms with Gasteiger partial charge in [-0.3, -0.25) is 5.10 Å². The van der Waals surface area contributed by atoms with Crippen LogP contribution in [0, 0.1) is 12.3 Å². The minimum absolute atomic E-state index is 0.0116. The van der Waals surface area contributed by atoms with E-state index in [1.165, 1.54) is 0 Å². The first-order valence-corrected chi connectivity index (χ1v) is 6.60. The van der Waals surface area contributed by atoms with Crippen LogP contribution in [0.2, 0.25) is 5.15 Å². The van der Waals surface area contributed by atoms with Gasteiger partial charge in [0.05, 0.1) is 17.4 Å². The zero-order valence-corrected chi connectivity index (χ0v) is 12.5. The van der Waals surface area contributed by atoms with Crippen LogP contribution in [0.25, 0.3) is 10.9 Å². The number of pyridine rings is 1. The minimum Gasteiger partial charge on any atom is -0.384 e. The molecule has 0 aliphatic heterocycles. The summed E-state index contributed by atoms with van der Waals surface area (Å²) in [5.74, 6) is 0. The van der Waals surface area contributed by atoms with E-state index in [4.69, 9.17) is 11.6 Å². The Morgan fingerprint density at radius 1 is 1.47 bits per heavy atom. The van der Waals surface area contributed by atoms with Crippen molar-refractivity contribution in [2.45, 2.75) is 34.2 Å². The van der Waals surface area contributed by atoms with Crippen molar-refractivity contribution in [2.75, 3.05) is 0 Å². The molecule has 2 heterocycles. The molecule has 2 N–H and O–H groups in total. The summed E-state index contributed by atoms with van der Waals surface area (Å²) in [6.07, 6.45) is 1.77. The topological polar surface area (TPSA) is 53.6 Å². The number of H-pyrrole nitrogens is 1. The van der Waals surface area contributed by atoms with Crippen LogP contribution in [0.15, 0.2) is 18.5 Å². The van der Waals surface area contributed by atoms with Crippen LogP contribution in [-0.2, 0) is 6.54 Å². The quantitative estimate of drug-likeness (QED) is 0.844. The molecule has 0 aliphatic carbocycles. The van der Waals surface area contributed by atoms with E-state index < -0.39 is 0 Å². The number of hydrogen-bond donors (Lipinski definition) is 2. The molecule has 0 aliphatic rings. The summed E-state index contributed by atoms with van der Waals surface area (Å²) in [4.78, 5) is 4.35. The van der Waals surface area contributed by atoms with Crippen LogP contribution in [0.1, 0.15) is 32.0 Å². The van der Waals surface area contributed by atoms with E-state index in [2.05, 4.69) is 47.8 Å². The first-order valence-electron chi connectivity index (χ1n) is 6.22. The Labute approximate surface area is 118 Å². The summed E-state index contributed by atoms with van der Waals surface area (Å²) in [5.41, 5.74) is 3.72. The van der Waals surface area contributed by atoms with Gasteiger partial charge >= 0.3 is 0 Å². The fourth-order valence-corrected chi connectivity index (χ4v) is 2.08. The number of fused-ring (bicyclic) bond motifs is 1. The molecule has 0 fully saturated rings. The number of halogens is 1. The fraction of sp³-hybridized carbons (Fsp3) is 0.429. The Balaban J connectivity index is 2.31. The van der Waals surface area contributed by atoms with Crippen molar-refractivity contribution in [3.63, 3.8) is 0 Å². The normalized spacial score (nSPS) is 11.8. The molecule has 5 heteroatoms. The maximum absolute atomic E-state index is 6.23. The smallest absolute Gasteiger partial charge is 0.136 e. The van der Waals surface area contributed by atoms with Gasteiger partial charge in [0, 0.05) is 28.6 Å². The molecule has 4 nitrogen and oxygen atoms in total. The van der Waals surface area contributed by atoms with Crippen LogP contribution in [0.4, 0.5) is 0 Å². The Hall–Kier alpha value is -1.55. The summed E-state index contributed by atoms with van der Waals surface area (Å²) >= 11 is 6.23. The molecule has 0 saturated carbocycles. The largest absolute Gasteiger partial charge is 0.384 e. The van der Waals surface area contributed by atoms with Gasteiger partial charge in [-0.25, -0.2) is 4.98 Å².